The van der Waals surface area contributed by atoms with Crippen molar-refractivity contribution < 1.29 is 34.2 Å². The van der Waals surface area contributed by atoms with Crippen LogP contribution in [-0.4, -0.2) is 62.1 Å². The van der Waals surface area contributed by atoms with Crippen molar-refractivity contribution >= 4 is 29.7 Å². The van der Waals surface area contributed by atoms with E-state index in [9.17, 15) is 34.2 Å². The molecule has 2 aliphatic carbocycles. The lowest BCUT2D eigenvalue weighted by Gasteiger charge is -2.45. The fourth-order valence-electron chi connectivity index (χ4n) is 4.20. The lowest BCUT2D eigenvalue weighted by Crippen LogP contribution is -2.69. The van der Waals surface area contributed by atoms with Crippen molar-refractivity contribution in [1.82, 2.24) is 15.6 Å². The largest absolute Gasteiger partial charge is 0.481 e. The first kappa shape index (κ1) is 21.6. The number of hydrogen-bond acceptors (Lipinski definition) is 6. The Kier molecular flexibility index (Phi) is 6.27. The summed E-state index contributed by atoms with van der Waals surface area (Å²) in [6.07, 6.45) is -0.0851. The van der Waals surface area contributed by atoms with Crippen LogP contribution in [-0.2, 0) is 24.0 Å². The Morgan fingerprint density at radius 3 is 2.14 bits per heavy atom. The van der Waals surface area contributed by atoms with Gasteiger partial charge in [-0.15, -0.1) is 0 Å². The molecule has 2 saturated carbocycles. The molecular formula is C17H26N4O7. The second-order valence-electron chi connectivity index (χ2n) is 7.01. The Bertz CT molecular complexity index is 697. The minimum absolute atomic E-state index is 0.00241. The van der Waals surface area contributed by atoms with E-state index in [1.54, 1.807) is 0 Å². The zero-order valence-electron chi connectivity index (χ0n) is 15.9. The molecule has 2 aliphatic rings. The van der Waals surface area contributed by atoms with Gasteiger partial charge in [-0.25, -0.2) is 15.2 Å². The number of nitrogens with one attached hydrogen (secondary N) is 1. The number of fused-ring (bicyclic) bond motifs is 1. The van der Waals surface area contributed by atoms with Gasteiger partial charge >= 0.3 is 11.9 Å². The number of carbonyl (C=O) groups is 5. The van der Waals surface area contributed by atoms with E-state index >= 15 is 0 Å². The minimum atomic E-state index is -1.92. The quantitative estimate of drug-likeness (QED) is 0.409. The highest BCUT2D eigenvalue weighted by molar-refractivity contribution is 5.92. The van der Waals surface area contributed by atoms with E-state index < -0.39 is 47.0 Å². The van der Waals surface area contributed by atoms with Gasteiger partial charge in [-0.3, -0.25) is 19.2 Å². The van der Waals surface area contributed by atoms with Gasteiger partial charge in [0, 0.05) is 31.7 Å². The molecule has 4 atom stereocenters. The van der Waals surface area contributed by atoms with E-state index in [1.165, 1.54) is 13.8 Å². The van der Waals surface area contributed by atoms with E-state index in [1.807, 2.05) is 0 Å². The first-order valence-electron chi connectivity index (χ1n) is 9.28. The van der Waals surface area contributed by atoms with Crippen molar-refractivity contribution in [1.29, 1.82) is 0 Å². The second kappa shape index (κ2) is 8.13. The van der Waals surface area contributed by atoms with Gasteiger partial charge in [0.25, 0.3) is 5.91 Å². The monoisotopic (exact) mass is 398 g/mol. The Labute approximate surface area is 161 Å². The average molecular weight is 398 g/mol. The molecule has 0 aliphatic heterocycles. The molecular weight excluding hydrogens is 372 g/mol. The van der Waals surface area contributed by atoms with Crippen LogP contribution in [0, 0.1) is 17.8 Å². The van der Waals surface area contributed by atoms with Gasteiger partial charge < -0.3 is 15.9 Å². The topological polar surface area (TPSA) is 170 Å². The average Bonchev–Trinajstić information content (AvgIpc) is 3.26. The molecule has 0 saturated heterocycles. The van der Waals surface area contributed by atoms with Crippen LogP contribution < -0.4 is 11.2 Å². The summed E-state index contributed by atoms with van der Waals surface area (Å²) in [6, 6.07) is 0. The molecule has 5 N–H and O–H groups in total. The Balaban J connectivity index is 2.53. The van der Waals surface area contributed by atoms with Crippen molar-refractivity contribution in [2.45, 2.75) is 51.5 Å². The molecule has 0 spiro atoms. The molecule has 0 heterocycles. The third-order valence-electron chi connectivity index (χ3n) is 5.49. The number of nitrogens with two attached hydrogens (primary N) is 1. The maximum Gasteiger partial charge on any atom is 0.332 e. The summed E-state index contributed by atoms with van der Waals surface area (Å²) in [7, 11) is 0. The Morgan fingerprint density at radius 2 is 1.71 bits per heavy atom. The fraction of sp³-hybridized carbons (Fsp3) is 0.706. The van der Waals surface area contributed by atoms with Gasteiger partial charge in [0.05, 0.1) is 5.92 Å². The third-order valence-corrected chi connectivity index (χ3v) is 5.49. The molecule has 11 heteroatoms. The SMILES string of the molecule is CCC(=O)N(NC(=O)CCN)N(C(=O)CC)[C@@]1(C(=O)O)CC[C@H]2[C@H](C(=O)O)[C@H]21. The molecule has 0 aromatic rings. The van der Waals surface area contributed by atoms with E-state index in [4.69, 9.17) is 5.73 Å². The van der Waals surface area contributed by atoms with Crippen LogP contribution in [0.1, 0.15) is 46.0 Å². The van der Waals surface area contributed by atoms with Gasteiger partial charge in [-0.05, 0) is 18.8 Å². The maximum atomic E-state index is 12.8. The molecule has 11 nitrogen and oxygen atoms in total. The lowest BCUT2D eigenvalue weighted by molar-refractivity contribution is -0.201. The van der Waals surface area contributed by atoms with Crippen LogP contribution >= 0.6 is 0 Å². The molecule has 0 radical (unpaired) electrons. The number of carbonyl (C=O) groups excluding carboxylic acids is 3. The molecule has 0 unspecified atom stereocenters. The molecule has 156 valence electrons. The van der Waals surface area contributed by atoms with Gasteiger partial charge in [0.2, 0.25) is 11.8 Å². The summed E-state index contributed by atoms with van der Waals surface area (Å²) in [4.78, 5) is 61.3. The number of hydrogen-bond donors (Lipinski definition) is 4. The summed E-state index contributed by atoms with van der Waals surface area (Å²) in [6.45, 7) is 2.99. The van der Waals surface area contributed by atoms with E-state index in [0.29, 0.717) is 11.5 Å². The second-order valence-corrected chi connectivity index (χ2v) is 7.01. The van der Waals surface area contributed by atoms with Crippen molar-refractivity contribution in [3.63, 3.8) is 0 Å². The molecule has 0 bridgehead atoms. The van der Waals surface area contributed by atoms with Crippen molar-refractivity contribution in [3.8, 4) is 0 Å². The van der Waals surface area contributed by atoms with Gasteiger partial charge in [-0.1, -0.05) is 13.8 Å². The van der Waals surface area contributed by atoms with Gasteiger partial charge in [0.15, 0.2) is 5.54 Å². The van der Waals surface area contributed by atoms with Crippen LogP contribution in [0.25, 0.3) is 0 Å². The Morgan fingerprint density at radius 1 is 1.11 bits per heavy atom. The Hall–Kier alpha value is -2.69. The van der Waals surface area contributed by atoms with Crippen molar-refractivity contribution in [3.05, 3.63) is 0 Å². The highest BCUT2D eigenvalue weighted by Gasteiger charge is 2.75. The predicted molar refractivity (Wildman–Crippen MR) is 93.8 cm³/mol. The first-order chi connectivity index (χ1) is 13.2. The number of carboxylic acid groups (broad SMARTS) is 2. The van der Waals surface area contributed by atoms with Crippen LogP contribution in [0.3, 0.4) is 0 Å². The van der Waals surface area contributed by atoms with Crippen LogP contribution in [0.2, 0.25) is 0 Å². The minimum Gasteiger partial charge on any atom is -0.481 e. The summed E-state index contributed by atoms with van der Waals surface area (Å²) in [5.41, 5.74) is 5.72. The summed E-state index contributed by atoms with van der Waals surface area (Å²) in [5.74, 6) is -6.71. The van der Waals surface area contributed by atoms with Crippen LogP contribution in [0.15, 0.2) is 0 Å². The zero-order chi connectivity index (χ0) is 21.2. The molecule has 0 aromatic carbocycles. The maximum absolute atomic E-state index is 12.8. The van der Waals surface area contributed by atoms with Crippen molar-refractivity contribution in [2.75, 3.05) is 6.54 Å². The van der Waals surface area contributed by atoms with Crippen LogP contribution in [0.5, 0.6) is 0 Å². The first-order valence-corrected chi connectivity index (χ1v) is 9.28. The number of hydrazine groups is 2. The van der Waals surface area contributed by atoms with Crippen LogP contribution in [0.4, 0.5) is 0 Å². The molecule has 0 aromatic heterocycles. The highest BCUT2D eigenvalue weighted by atomic mass is 16.4. The summed E-state index contributed by atoms with van der Waals surface area (Å²) < 4.78 is 0. The smallest absolute Gasteiger partial charge is 0.332 e. The number of nitrogens with zero attached hydrogens (tertiary/aromatic N) is 2. The lowest BCUT2D eigenvalue weighted by atomic mass is 9.89. The molecule has 2 fully saturated rings. The highest BCUT2D eigenvalue weighted by Crippen LogP contribution is 2.64. The number of carboxylic acids is 2. The summed E-state index contributed by atoms with van der Waals surface area (Å²) in [5, 5.41) is 20.9. The van der Waals surface area contributed by atoms with Gasteiger partial charge in [0.1, 0.15) is 0 Å². The summed E-state index contributed by atoms with van der Waals surface area (Å²) >= 11 is 0. The number of amides is 3. The number of aliphatic carboxylic acids is 2. The third kappa shape index (κ3) is 3.41. The van der Waals surface area contributed by atoms with Crippen molar-refractivity contribution in [2.24, 2.45) is 23.5 Å². The number of rotatable bonds is 7. The van der Waals surface area contributed by atoms with Gasteiger partial charge in [-0.2, -0.15) is 5.12 Å². The van der Waals surface area contributed by atoms with E-state index in [-0.39, 0.29) is 38.1 Å². The fourth-order valence-corrected chi connectivity index (χ4v) is 4.20. The normalized spacial score (nSPS) is 27.5. The molecule has 2 rings (SSSR count). The zero-order valence-corrected chi connectivity index (χ0v) is 15.9. The molecule has 3 amide bonds. The van der Waals surface area contributed by atoms with E-state index in [0.717, 1.165) is 5.01 Å². The van der Waals surface area contributed by atoms with E-state index in [2.05, 4.69) is 5.43 Å². The predicted octanol–water partition coefficient (Wildman–Crippen LogP) is -0.677. The standard InChI is InChI=1S/C17H26N4O7/c1-3-11(23)20(21(12(24)4-2)19-10(22)6-8-18)17(16(27)28)7-5-9-13(14(9)17)15(25)26/h9,13-14H,3-8,18H2,1-2H3,(H,19,22)(H,25,26)(H,27,28)/t9-,13-,14-,17-/m0/s1. The molecule has 28 heavy (non-hydrogen) atoms.